The third-order valence-electron chi connectivity index (χ3n) is 5.96. The van der Waals surface area contributed by atoms with E-state index in [1.165, 1.54) is 5.56 Å². The lowest BCUT2D eigenvalue weighted by Gasteiger charge is -2.40. The minimum atomic E-state index is -0.333. The number of benzene rings is 1. The van der Waals surface area contributed by atoms with Gasteiger partial charge in [-0.15, -0.1) is 0 Å². The molecule has 1 aromatic carbocycles. The van der Waals surface area contributed by atoms with Gasteiger partial charge in [-0.25, -0.2) is 0 Å². The molecule has 0 saturated carbocycles. The van der Waals surface area contributed by atoms with E-state index in [2.05, 4.69) is 23.1 Å². The molecule has 5 nitrogen and oxygen atoms in total. The predicted octanol–water partition coefficient (Wildman–Crippen LogP) is 1.80. The summed E-state index contributed by atoms with van der Waals surface area (Å²) < 4.78 is 10.7. The van der Waals surface area contributed by atoms with Gasteiger partial charge in [0, 0.05) is 32.0 Å². The second-order valence-electron chi connectivity index (χ2n) is 7.10. The normalized spacial score (nSPS) is 26.3. The highest BCUT2D eigenvalue weighted by Gasteiger charge is 2.52. The van der Waals surface area contributed by atoms with Crippen LogP contribution in [0, 0.1) is 0 Å². The number of likely N-dealkylation sites (tertiary alicyclic amines) is 1. The molecule has 1 atom stereocenters. The quantitative estimate of drug-likeness (QED) is 0.844. The lowest BCUT2D eigenvalue weighted by Crippen LogP contribution is -2.51. The van der Waals surface area contributed by atoms with Crippen LogP contribution >= 0.6 is 0 Å². The second kappa shape index (κ2) is 6.47. The van der Waals surface area contributed by atoms with Crippen LogP contribution in [0.2, 0.25) is 0 Å². The summed E-state index contributed by atoms with van der Waals surface area (Å²) in [5, 5.41) is 0. The van der Waals surface area contributed by atoms with Gasteiger partial charge in [-0.1, -0.05) is 18.2 Å². The summed E-state index contributed by atoms with van der Waals surface area (Å²) in [5.74, 6) is 0.267. The Morgan fingerprint density at radius 3 is 2.79 bits per heavy atom. The molecule has 0 N–H and O–H groups in total. The fraction of sp³-hybridized carbons (Fsp3) is 0.632. The summed E-state index contributed by atoms with van der Waals surface area (Å²) in [6.45, 7) is 4.88. The Labute approximate surface area is 143 Å². The number of hydrogen-bond acceptors (Lipinski definition) is 4. The molecule has 130 valence electrons. The molecule has 0 radical (unpaired) electrons. The van der Waals surface area contributed by atoms with Gasteiger partial charge in [0.15, 0.2) is 0 Å². The Morgan fingerprint density at radius 2 is 2.08 bits per heavy atom. The molecular formula is C19H26N2O3. The lowest BCUT2D eigenvalue weighted by atomic mass is 9.73. The molecular weight excluding hydrogens is 304 g/mol. The van der Waals surface area contributed by atoms with Crippen molar-refractivity contribution in [1.29, 1.82) is 0 Å². The largest absolute Gasteiger partial charge is 0.383 e. The molecule has 0 bridgehead atoms. The van der Waals surface area contributed by atoms with Crippen LogP contribution in [0.25, 0.3) is 0 Å². The summed E-state index contributed by atoms with van der Waals surface area (Å²) in [7, 11) is 1.68. The molecule has 1 spiro atoms. The van der Waals surface area contributed by atoms with Crippen LogP contribution < -0.4 is 4.90 Å². The molecule has 4 rings (SSSR count). The van der Waals surface area contributed by atoms with E-state index in [4.69, 9.17) is 9.47 Å². The van der Waals surface area contributed by atoms with Gasteiger partial charge in [-0.05, 0) is 44.0 Å². The number of para-hydroxylation sites is 1. The van der Waals surface area contributed by atoms with E-state index in [9.17, 15) is 4.79 Å². The van der Waals surface area contributed by atoms with Crippen molar-refractivity contribution >= 4 is 11.6 Å². The topological polar surface area (TPSA) is 42.0 Å². The molecule has 3 aliphatic rings. The number of carbonyl (C=O) groups is 1. The average Bonchev–Trinajstić information content (AvgIpc) is 3.23. The highest BCUT2D eigenvalue weighted by molar-refractivity contribution is 6.08. The second-order valence-corrected chi connectivity index (χ2v) is 7.10. The van der Waals surface area contributed by atoms with Gasteiger partial charge >= 0.3 is 0 Å². The zero-order chi connectivity index (χ0) is 16.6. The van der Waals surface area contributed by atoms with Crippen molar-refractivity contribution in [2.75, 3.05) is 51.5 Å². The van der Waals surface area contributed by atoms with Crippen LogP contribution in [0.3, 0.4) is 0 Å². The summed E-state index contributed by atoms with van der Waals surface area (Å²) >= 11 is 0. The van der Waals surface area contributed by atoms with Crippen molar-refractivity contribution in [2.45, 2.75) is 30.7 Å². The van der Waals surface area contributed by atoms with Gasteiger partial charge in [-0.2, -0.15) is 0 Å². The molecule has 1 aromatic rings. The molecule has 24 heavy (non-hydrogen) atoms. The Hall–Kier alpha value is -1.43. The van der Waals surface area contributed by atoms with Gasteiger partial charge in [0.05, 0.1) is 18.6 Å². The molecule has 2 fully saturated rings. The molecule has 1 amide bonds. The average molecular weight is 330 g/mol. The number of piperidine rings is 1. The van der Waals surface area contributed by atoms with Crippen molar-refractivity contribution in [3.8, 4) is 0 Å². The van der Waals surface area contributed by atoms with E-state index in [-0.39, 0.29) is 11.3 Å². The fourth-order valence-electron chi connectivity index (χ4n) is 4.57. The molecule has 0 unspecified atom stereocenters. The van der Waals surface area contributed by atoms with E-state index >= 15 is 0 Å². The van der Waals surface area contributed by atoms with Crippen molar-refractivity contribution in [2.24, 2.45) is 0 Å². The summed E-state index contributed by atoms with van der Waals surface area (Å²) in [6, 6.07) is 8.85. The Balaban J connectivity index is 1.57. The zero-order valence-electron chi connectivity index (χ0n) is 14.4. The predicted molar refractivity (Wildman–Crippen MR) is 92.4 cm³/mol. The highest BCUT2D eigenvalue weighted by Crippen LogP contribution is 2.48. The van der Waals surface area contributed by atoms with E-state index < -0.39 is 0 Å². The van der Waals surface area contributed by atoms with Crippen molar-refractivity contribution in [3.63, 3.8) is 0 Å². The monoisotopic (exact) mass is 330 g/mol. The third kappa shape index (κ3) is 2.46. The number of nitrogens with zero attached hydrogens (tertiary/aromatic N) is 2. The van der Waals surface area contributed by atoms with Gasteiger partial charge < -0.3 is 14.4 Å². The minimum Gasteiger partial charge on any atom is -0.383 e. The maximum Gasteiger partial charge on any atom is 0.237 e. The minimum absolute atomic E-state index is 0.267. The smallest absolute Gasteiger partial charge is 0.237 e. The number of anilines is 1. The maximum atomic E-state index is 13.3. The highest BCUT2D eigenvalue weighted by atomic mass is 16.5. The number of fused-ring (bicyclic) bond motifs is 2. The van der Waals surface area contributed by atoms with Crippen molar-refractivity contribution < 1.29 is 14.3 Å². The zero-order valence-corrected chi connectivity index (χ0v) is 14.4. The Morgan fingerprint density at radius 1 is 1.29 bits per heavy atom. The van der Waals surface area contributed by atoms with Gasteiger partial charge in [0.1, 0.15) is 0 Å². The van der Waals surface area contributed by atoms with Crippen LogP contribution in [0.15, 0.2) is 24.3 Å². The SMILES string of the molecule is COCCN1C(=O)C2(CCN([C@@H]3CCOC3)CC2)c2ccccc21. The van der Waals surface area contributed by atoms with Crippen molar-refractivity contribution in [1.82, 2.24) is 4.90 Å². The maximum absolute atomic E-state index is 13.3. The summed E-state index contributed by atoms with van der Waals surface area (Å²) in [5.41, 5.74) is 1.96. The van der Waals surface area contributed by atoms with Crippen molar-refractivity contribution in [3.05, 3.63) is 29.8 Å². The molecule has 5 heteroatoms. The van der Waals surface area contributed by atoms with Crippen LogP contribution in [-0.4, -0.2) is 63.4 Å². The third-order valence-corrected chi connectivity index (χ3v) is 5.96. The number of hydrogen-bond donors (Lipinski definition) is 0. The first kappa shape index (κ1) is 16.1. The first-order valence-corrected chi connectivity index (χ1v) is 8.98. The van der Waals surface area contributed by atoms with E-state index in [1.807, 2.05) is 11.0 Å². The van der Waals surface area contributed by atoms with Crippen LogP contribution in [-0.2, 0) is 19.7 Å². The standard InChI is InChI=1S/C19H26N2O3/c1-23-13-11-21-17-5-3-2-4-16(17)19(18(21)22)7-9-20(10-8-19)15-6-12-24-14-15/h2-5,15H,6-14H2,1H3/t15-/m1/s1. The van der Waals surface area contributed by atoms with Crippen LogP contribution in [0.1, 0.15) is 24.8 Å². The molecule has 0 aliphatic carbocycles. The van der Waals surface area contributed by atoms with E-state index in [0.717, 1.165) is 51.3 Å². The fourth-order valence-corrected chi connectivity index (χ4v) is 4.57. The number of methoxy groups -OCH3 is 1. The van der Waals surface area contributed by atoms with Gasteiger partial charge in [-0.3, -0.25) is 9.69 Å². The molecule has 0 aromatic heterocycles. The number of amides is 1. The van der Waals surface area contributed by atoms with Crippen LogP contribution in [0.4, 0.5) is 5.69 Å². The van der Waals surface area contributed by atoms with Gasteiger partial charge in [0.25, 0.3) is 0 Å². The van der Waals surface area contributed by atoms with E-state index in [1.54, 1.807) is 7.11 Å². The number of ether oxygens (including phenoxy) is 2. The lowest BCUT2D eigenvalue weighted by molar-refractivity contribution is -0.125. The summed E-state index contributed by atoms with van der Waals surface area (Å²) in [6.07, 6.45) is 2.93. The summed E-state index contributed by atoms with van der Waals surface area (Å²) in [4.78, 5) is 17.8. The Bertz CT molecular complexity index is 604. The van der Waals surface area contributed by atoms with Crippen LogP contribution in [0.5, 0.6) is 0 Å². The molecule has 3 aliphatic heterocycles. The number of carbonyl (C=O) groups excluding carboxylic acids is 1. The molecule has 3 heterocycles. The Kier molecular flexibility index (Phi) is 4.33. The van der Waals surface area contributed by atoms with E-state index in [0.29, 0.717) is 19.2 Å². The first-order chi connectivity index (χ1) is 11.8. The number of rotatable bonds is 4. The first-order valence-electron chi connectivity index (χ1n) is 8.98. The molecule has 2 saturated heterocycles. The van der Waals surface area contributed by atoms with Gasteiger partial charge in [0.2, 0.25) is 5.91 Å².